The maximum absolute atomic E-state index is 13.6. The maximum atomic E-state index is 13.6. The second-order valence-corrected chi connectivity index (χ2v) is 8.58. The lowest BCUT2D eigenvalue weighted by Crippen LogP contribution is -2.73. The first-order valence-corrected chi connectivity index (χ1v) is 10.8. The minimum Gasteiger partial charge on any atom is -0.394 e. The topological polar surface area (TPSA) is 60.9 Å². The Balaban J connectivity index is 1.38. The van der Waals surface area contributed by atoms with Crippen LogP contribution in [0.15, 0.2) is 54.6 Å². The van der Waals surface area contributed by atoms with Gasteiger partial charge in [0.05, 0.1) is 18.7 Å². The third kappa shape index (κ3) is 3.45. The van der Waals surface area contributed by atoms with Crippen LogP contribution in [0.3, 0.4) is 0 Å². The summed E-state index contributed by atoms with van der Waals surface area (Å²) in [5.41, 5.74) is 3.90. The third-order valence-electron chi connectivity index (χ3n) is 6.82. The van der Waals surface area contributed by atoms with Gasteiger partial charge in [-0.15, -0.1) is 0 Å². The Bertz CT molecular complexity index is 1050. The highest BCUT2D eigenvalue weighted by molar-refractivity contribution is 5.97. The molecule has 2 aliphatic heterocycles. The van der Waals surface area contributed by atoms with Crippen LogP contribution in [0.5, 0.6) is 0 Å². The molecule has 0 spiro atoms. The summed E-state index contributed by atoms with van der Waals surface area (Å²) in [4.78, 5) is 28.9. The Morgan fingerprint density at radius 3 is 2.65 bits per heavy atom. The number of nitrogens with zero attached hydrogens (tertiary/aromatic N) is 2. The molecule has 0 bridgehead atoms. The number of rotatable bonds is 4. The molecule has 2 fully saturated rings. The van der Waals surface area contributed by atoms with Gasteiger partial charge in [-0.25, -0.2) is 4.39 Å². The normalized spacial score (nSPS) is 25.2. The number of amides is 2. The number of halogens is 1. The van der Waals surface area contributed by atoms with Gasteiger partial charge in [-0.2, -0.15) is 0 Å². The molecule has 3 atom stereocenters. The average molecular weight is 420 g/mol. The molecule has 160 valence electrons. The van der Waals surface area contributed by atoms with Crippen molar-refractivity contribution in [3.63, 3.8) is 0 Å². The van der Waals surface area contributed by atoms with E-state index in [2.05, 4.69) is 30.3 Å². The van der Waals surface area contributed by atoms with Crippen LogP contribution in [-0.2, 0) is 4.79 Å². The van der Waals surface area contributed by atoms with Crippen molar-refractivity contribution in [3.05, 3.63) is 77.1 Å². The van der Waals surface area contributed by atoms with Crippen LogP contribution < -0.4 is 0 Å². The molecule has 0 unspecified atom stereocenters. The zero-order chi connectivity index (χ0) is 21.5. The summed E-state index contributed by atoms with van der Waals surface area (Å²) in [5.74, 6) is -1.04. The summed E-state index contributed by atoms with van der Waals surface area (Å²) < 4.78 is 13.6. The van der Waals surface area contributed by atoms with Crippen molar-refractivity contribution in [3.8, 4) is 0 Å². The van der Waals surface area contributed by atoms with Crippen molar-refractivity contribution < 1.29 is 19.1 Å². The van der Waals surface area contributed by atoms with E-state index in [4.69, 9.17) is 0 Å². The van der Waals surface area contributed by atoms with Crippen molar-refractivity contribution in [2.45, 2.75) is 37.3 Å². The van der Waals surface area contributed by atoms with E-state index >= 15 is 0 Å². The first kappa shape index (κ1) is 19.9. The van der Waals surface area contributed by atoms with E-state index in [1.54, 1.807) is 11.0 Å². The van der Waals surface area contributed by atoms with Gasteiger partial charge in [-0.1, -0.05) is 36.4 Å². The smallest absolute Gasteiger partial charge is 0.254 e. The molecule has 2 aromatic carbocycles. The average Bonchev–Trinajstić information content (AvgIpc) is 3.30. The molecule has 0 radical (unpaired) electrons. The molecule has 2 saturated heterocycles. The number of carbonyl (C=O) groups excluding carboxylic acids is 2. The Hall–Kier alpha value is -2.99. The number of aliphatic hydroxyl groups excluding tert-OH is 1. The number of carbonyl (C=O) groups is 2. The van der Waals surface area contributed by atoms with Crippen molar-refractivity contribution in [1.29, 1.82) is 0 Å². The zero-order valence-electron chi connectivity index (χ0n) is 17.2. The van der Waals surface area contributed by atoms with Crippen LogP contribution >= 0.6 is 0 Å². The van der Waals surface area contributed by atoms with E-state index in [0.717, 1.165) is 18.4 Å². The van der Waals surface area contributed by atoms with Gasteiger partial charge in [0.25, 0.3) is 5.91 Å². The number of piperazine rings is 1. The Labute approximate surface area is 180 Å². The predicted octanol–water partition coefficient (Wildman–Crippen LogP) is 3.20. The Morgan fingerprint density at radius 2 is 1.97 bits per heavy atom. The minimum absolute atomic E-state index is 0.0383. The van der Waals surface area contributed by atoms with E-state index < -0.39 is 5.82 Å². The quantitative estimate of drug-likeness (QED) is 0.826. The summed E-state index contributed by atoms with van der Waals surface area (Å²) in [6.07, 6.45) is 5.71. The zero-order valence-corrected chi connectivity index (χ0v) is 17.2. The SMILES string of the molecule is O=C(c1cccc(F)c1)N1CC(=O)N2[C@H](CO)[C@H](c3ccc(C4=CCCC4)cc3)[C@@H]2C1. The summed E-state index contributed by atoms with van der Waals surface area (Å²) in [5, 5.41) is 9.96. The van der Waals surface area contributed by atoms with Crippen LogP contribution in [0.4, 0.5) is 4.39 Å². The Kier molecular flexibility index (Phi) is 5.10. The predicted molar refractivity (Wildman–Crippen MR) is 115 cm³/mol. The van der Waals surface area contributed by atoms with E-state index in [0.29, 0.717) is 6.54 Å². The van der Waals surface area contributed by atoms with Crippen LogP contribution in [0.25, 0.3) is 5.57 Å². The van der Waals surface area contributed by atoms with Gasteiger partial charge in [-0.05, 0) is 54.2 Å². The first-order chi connectivity index (χ1) is 15.1. The largest absolute Gasteiger partial charge is 0.394 e. The van der Waals surface area contributed by atoms with E-state index in [9.17, 15) is 19.1 Å². The number of hydrogen-bond donors (Lipinski definition) is 1. The van der Waals surface area contributed by atoms with Gasteiger partial charge in [0.15, 0.2) is 0 Å². The fourth-order valence-corrected chi connectivity index (χ4v) is 5.31. The highest BCUT2D eigenvalue weighted by Gasteiger charge is 2.54. The number of allylic oxidation sites excluding steroid dienone is 2. The first-order valence-electron chi connectivity index (χ1n) is 10.8. The highest BCUT2D eigenvalue weighted by atomic mass is 19.1. The molecular formula is C25H25FN2O3. The summed E-state index contributed by atoms with van der Waals surface area (Å²) >= 11 is 0. The molecule has 2 heterocycles. The molecule has 1 aliphatic carbocycles. The van der Waals surface area contributed by atoms with Gasteiger partial charge in [0.1, 0.15) is 12.4 Å². The number of benzene rings is 2. The molecule has 0 aromatic heterocycles. The summed E-state index contributed by atoms with van der Waals surface area (Å²) in [7, 11) is 0. The number of hydrogen-bond acceptors (Lipinski definition) is 3. The standard InChI is InChI=1S/C25H25FN2O3/c26-20-7-3-6-19(12-20)25(31)27-13-21-24(22(15-29)28(21)23(30)14-27)18-10-8-17(9-11-18)16-4-1-2-5-16/h3-4,6-12,21-22,24,29H,1-2,5,13-15H2/t21-,22+,24+/m0/s1. The molecule has 5 nitrogen and oxygen atoms in total. The van der Waals surface area contributed by atoms with E-state index in [1.807, 2.05) is 0 Å². The third-order valence-corrected chi connectivity index (χ3v) is 6.82. The summed E-state index contributed by atoms with van der Waals surface area (Å²) in [6.45, 7) is 0.203. The van der Waals surface area contributed by atoms with Gasteiger partial charge >= 0.3 is 0 Å². The maximum Gasteiger partial charge on any atom is 0.254 e. The number of aliphatic hydroxyl groups is 1. The highest BCUT2D eigenvalue weighted by Crippen LogP contribution is 2.43. The molecule has 2 amide bonds. The van der Waals surface area contributed by atoms with Crippen LogP contribution in [-0.4, -0.2) is 58.5 Å². The Morgan fingerprint density at radius 1 is 1.16 bits per heavy atom. The second-order valence-electron chi connectivity index (χ2n) is 8.58. The van der Waals surface area contributed by atoms with Crippen LogP contribution in [0.1, 0.15) is 46.7 Å². The van der Waals surface area contributed by atoms with Crippen molar-refractivity contribution >= 4 is 17.4 Å². The van der Waals surface area contributed by atoms with Crippen LogP contribution in [0.2, 0.25) is 0 Å². The van der Waals surface area contributed by atoms with Crippen molar-refractivity contribution in [2.75, 3.05) is 19.7 Å². The monoisotopic (exact) mass is 420 g/mol. The molecule has 0 saturated carbocycles. The van der Waals surface area contributed by atoms with Crippen molar-refractivity contribution in [2.24, 2.45) is 0 Å². The lowest BCUT2D eigenvalue weighted by Gasteiger charge is -2.58. The molecule has 6 heteroatoms. The fourth-order valence-electron chi connectivity index (χ4n) is 5.31. The van der Waals surface area contributed by atoms with E-state index in [-0.39, 0.29) is 48.5 Å². The van der Waals surface area contributed by atoms with Gasteiger partial charge in [0, 0.05) is 18.0 Å². The molecule has 3 aliphatic rings. The van der Waals surface area contributed by atoms with Gasteiger partial charge < -0.3 is 14.9 Å². The lowest BCUT2D eigenvalue weighted by atomic mass is 9.73. The summed E-state index contributed by atoms with van der Waals surface area (Å²) in [6, 6.07) is 13.5. The lowest BCUT2D eigenvalue weighted by molar-refractivity contribution is -0.159. The number of fused-ring (bicyclic) bond motifs is 1. The minimum atomic E-state index is -0.477. The fraction of sp³-hybridized carbons (Fsp3) is 0.360. The molecular weight excluding hydrogens is 395 g/mol. The van der Waals surface area contributed by atoms with Gasteiger partial charge in [0.2, 0.25) is 5.91 Å². The van der Waals surface area contributed by atoms with Crippen molar-refractivity contribution in [1.82, 2.24) is 9.80 Å². The molecule has 2 aromatic rings. The molecule has 5 rings (SSSR count). The molecule has 31 heavy (non-hydrogen) atoms. The molecule has 1 N–H and O–H groups in total. The van der Waals surface area contributed by atoms with E-state index in [1.165, 1.54) is 40.7 Å². The second kappa shape index (κ2) is 7.93. The van der Waals surface area contributed by atoms with Crippen LogP contribution in [0, 0.1) is 5.82 Å². The van der Waals surface area contributed by atoms with Gasteiger partial charge in [-0.3, -0.25) is 9.59 Å².